The molecule has 112 valence electrons. The van der Waals surface area contributed by atoms with Crippen molar-refractivity contribution in [3.05, 3.63) is 11.4 Å². The van der Waals surface area contributed by atoms with Gasteiger partial charge in [0.1, 0.15) is 17.5 Å². The molecule has 5 heteroatoms. The summed E-state index contributed by atoms with van der Waals surface area (Å²) in [5.41, 5.74) is 1.10. The van der Waals surface area contributed by atoms with Gasteiger partial charge < -0.3 is 15.5 Å². The number of hydrogen-bond donors (Lipinski definition) is 2. The van der Waals surface area contributed by atoms with Gasteiger partial charge in [-0.05, 0) is 32.9 Å². The van der Waals surface area contributed by atoms with Crippen molar-refractivity contribution in [2.45, 2.75) is 39.5 Å². The normalized spacial score (nSPS) is 16.1. The Morgan fingerprint density at radius 2 is 1.80 bits per heavy atom. The molecule has 1 aliphatic heterocycles. The van der Waals surface area contributed by atoms with Crippen molar-refractivity contribution in [3.63, 3.8) is 0 Å². The molecule has 1 aromatic heterocycles. The van der Waals surface area contributed by atoms with Crippen LogP contribution in [0.4, 0.5) is 11.6 Å². The Balaban J connectivity index is 1.94. The number of nitrogens with zero attached hydrogens (tertiary/aromatic N) is 3. The first kappa shape index (κ1) is 15.0. The van der Waals surface area contributed by atoms with Crippen LogP contribution in [0.5, 0.6) is 0 Å². The molecule has 0 spiro atoms. The summed E-state index contributed by atoms with van der Waals surface area (Å²) in [6.45, 7) is 8.68. The molecule has 1 aromatic rings. The minimum absolute atomic E-state index is 0.857. The lowest BCUT2D eigenvalue weighted by Gasteiger charge is -2.26. The largest absolute Gasteiger partial charge is 0.373 e. The molecule has 0 bridgehead atoms. The highest BCUT2D eigenvalue weighted by molar-refractivity contribution is 5.56. The van der Waals surface area contributed by atoms with E-state index in [0.717, 1.165) is 42.5 Å². The van der Waals surface area contributed by atoms with Crippen LogP contribution >= 0.6 is 0 Å². The molecule has 0 aliphatic carbocycles. The maximum atomic E-state index is 4.60. The van der Waals surface area contributed by atoms with Crippen LogP contribution in [0.3, 0.4) is 0 Å². The predicted octanol–water partition coefficient (Wildman–Crippen LogP) is 2.29. The summed E-state index contributed by atoms with van der Waals surface area (Å²) in [6.07, 6.45) is 4.93. The molecule has 2 heterocycles. The van der Waals surface area contributed by atoms with Crippen LogP contribution in [0.15, 0.2) is 0 Å². The summed E-state index contributed by atoms with van der Waals surface area (Å²) >= 11 is 0. The smallest absolute Gasteiger partial charge is 0.134 e. The van der Waals surface area contributed by atoms with E-state index in [1.165, 1.54) is 32.4 Å². The van der Waals surface area contributed by atoms with Crippen LogP contribution < -0.4 is 10.6 Å². The lowest BCUT2D eigenvalue weighted by Crippen LogP contribution is -2.34. The molecule has 0 aromatic carbocycles. The Hall–Kier alpha value is -1.36. The molecular formula is C15H27N5. The van der Waals surface area contributed by atoms with Crippen LogP contribution in [0.1, 0.15) is 37.6 Å². The van der Waals surface area contributed by atoms with Crippen molar-refractivity contribution in [1.29, 1.82) is 0 Å². The van der Waals surface area contributed by atoms with E-state index < -0.39 is 0 Å². The summed E-state index contributed by atoms with van der Waals surface area (Å²) in [5.74, 6) is 2.79. The van der Waals surface area contributed by atoms with E-state index in [4.69, 9.17) is 0 Å². The summed E-state index contributed by atoms with van der Waals surface area (Å²) in [4.78, 5) is 11.6. The van der Waals surface area contributed by atoms with Crippen molar-refractivity contribution < 1.29 is 0 Å². The molecule has 0 saturated carbocycles. The number of likely N-dealkylation sites (tertiary alicyclic amines) is 1. The molecule has 1 aliphatic rings. The van der Waals surface area contributed by atoms with E-state index in [0.29, 0.717) is 0 Å². The summed E-state index contributed by atoms with van der Waals surface area (Å²) in [7, 11) is 1.91. The Morgan fingerprint density at radius 3 is 2.45 bits per heavy atom. The second-order valence-electron chi connectivity index (χ2n) is 5.39. The molecule has 2 rings (SSSR count). The molecule has 0 unspecified atom stereocenters. The second-order valence-corrected chi connectivity index (χ2v) is 5.39. The number of anilines is 2. The fourth-order valence-corrected chi connectivity index (χ4v) is 2.65. The average Bonchev–Trinajstić information content (AvgIpc) is 2.50. The minimum Gasteiger partial charge on any atom is -0.373 e. The molecule has 20 heavy (non-hydrogen) atoms. The van der Waals surface area contributed by atoms with Gasteiger partial charge in [0.25, 0.3) is 0 Å². The van der Waals surface area contributed by atoms with Gasteiger partial charge in [0.2, 0.25) is 0 Å². The van der Waals surface area contributed by atoms with Crippen LogP contribution in [-0.4, -0.2) is 48.1 Å². The first-order chi connectivity index (χ1) is 9.74. The maximum absolute atomic E-state index is 4.60. The molecule has 2 N–H and O–H groups in total. The van der Waals surface area contributed by atoms with Gasteiger partial charge in [-0.1, -0.05) is 13.3 Å². The summed E-state index contributed by atoms with van der Waals surface area (Å²) < 4.78 is 0. The van der Waals surface area contributed by atoms with Gasteiger partial charge in [-0.15, -0.1) is 0 Å². The molecule has 0 atom stereocenters. The lowest BCUT2D eigenvalue weighted by molar-refractivity contribution is 0.237. The van der Waals surface area contributed by atoms with Crippen LogP contribution in [0, 0.1) is 6.92 Å². The predicted molar refractivity (Wildman–Crippen MR) is 84.5 cm³/mol. The number of aromatic nitrogens is 2. The Labute approximate surface area is 122 Å². The Bertz CT molecular complexity index is 427. The van der Waals surface area contributed by atoms with E-state index in [1.807, 2.05) is 7.05 Å². The van der Waals surface area contributed by atoms with Gasteiger partial charge in [-0.3, -0.25) is 0 Å². The van der Waals surface area contributed by atoms with Gasteiger partial charge >= 0.3 is 0 Å². The van der Waals surface area contributed by atoms with Crippen molar-refractivity contribution in [2.24, 2.45) is 0 Å². The molecule has 5 nitrogen and oxygen atoms in total. The van der Waals surface area contributed by atoms with Gasteiger partial charge in [-0.2, -0.15) is 0 Å². The van der Waals surface area contributed by atoms with Crippen LogP contribution in [0.25, 0.3) is 0 Å². The zero-order valence-electron chi connectivity index (χ0n) is 13.0. The fraction of sp³-hybridized carbons (Fsp3) is 0.733. The van der Waals surface area contributed by atoms with E-state index in [2.05, 4.69) is 39.3 Å². The molecular weight excluding hydrogens is 250 g/mol. The first-order valence-electron chi connectivity index (χ1n) is 7.76. The monoisotopic (exact) mass is 277 g/mol. The second kappa shape index (κ2) is 7.43. The quantitative estimate of drug-likeness (QED) is 0.835. The highest BCUT2D eigenvalue weighted by atomic mass is 15.2. The Kier molecular flexibility index (Phi) is 5.59. The maximum Gasteiger partial charge on any atom is 0.134 e. The van der Waals surface area contributed by atoms with Crippen LogP contribution in [-0.2, 0) is 6.42 Å². The van der Waals surface area contributed by atoms with E-state index in [-0.39, 0.29) is 0 Å². The van der Waals surface area contributed by atoms with Crippen molar-refractivity contribution in [3.8, 4) is 0 Å². The molecule has 1 fully saturated rings. The zero-order valence-corrected chi connectivity index (χ0v) is 13.0. The zero-order chi connectivity index (χ0) is 14.4. The van der Waals surface area contributed by atoms with Crippen molar-refractivity contribution >= 4 is 11.6 Å². The standard InChI is InChI=1S/C15H27N5/c1-4-13-18-14(16-3)12(2)15(19-13)17-8-11-20-9-6-5-7-10-20/h4-11H2,1-3H3,(H2,16,17,18,19). The minimum atomic E-state index is 0.857. The topological polar surface area (TPSA) is 53.1 Å². The third-order valence-electron chi connectivity index (χ3n) is 3.91. The Morgan fingerprint density at radius 1 is 1.10 bits per heavy atom. The van der Waals surface area contributed by atoms with E-state index in [9.17, 15) is 0 Å². The van der Waals surface area contributed by atoms with Crippen LogP contribution in [0.2, 0.25) is 0 Å². The summed E-state index contributed by atoms with van der Waals surface area (Å²) in [5, 5.41) is 6.63. The van der Waals surface area contributed by atoms with Gasteiger partial charge in [0.05, 0.1) is 0 Å². The van der Waals surface area contributed by atoms with Gasteiger partial charge in [-0.25, -0.2) is 9.97 Å². The third kappa shape index (κ3) is 3.82. The highest BCUT2D eigenvalue weighted by Gasteiger charge is 2.11. The average molecular weight is 277 g/mol. The van der Waals surface area contributed by atoms with E-state index in [1.54, 1.807) is 0 Å². The van der Waals surface area contributed by atoms with Gasteiger partial charge in [0, 0.05) is 32.1 Å². The third-order valence-corrected chi connectivity index (χ3v) is 3.91. The highest BCUT2D eigenvalue weighted by Crippen LogP contribution is 2.19. The molecule has 0 radical (unpaired) electrons. The number of aryl methyl sites for hydroxylation is 1. The number of hydrogen-bond acceptors (Lipinski definition) is 5. The fourth-order valence-electron chi connectivity index (χ4n) is 2.65. The SMILES string of the molecule is CCc1nc(NC)c(C)c(NCCN2CCCCC2)n1. The number of nitrogens with one attached hydrogen (secondary N) is 2. The number of rotatable bonds is 6. The lowest BCUT2D eigenvalue weighted by atomic mass is 10.1. The first-order valence-corrected chi connectivity index (χ1v) is 7.76. The molecule has 1 saturated heterocycles. The molecule has 0 amide bonds. The number of piperidine rings is 1. The van der Waals surface area contributed by atoms with E-state index >= 15 is 0 Å². The van der Waals surface area contributed by atoms with Crippen molar-refractivity contribution in [2.75, 3.05) is 43.9 Å². The van der Waals surface area contributed by atoms with Gasteiger partial charge in [0.15, 0.2) is 0 Å². The summed E-state index contributed by atoms with van der Waals surface area (Å²) in [6, 6.07) is 0. The van der Waals surface area contributed by atoms with Crippen molar-refractivity contribution in [1.82, 2.24) is 14.9 Å².